The number of hydrogen-bond donors (Lipinski definition) is 0. The summed E-state index contributed by atoms with van der Waals surface area (Å²) in [6.45, 7) is 4.88. The quantitative estimate of drug-likeness (QED) is 0.647. The van der Waals surface area contributed by atoms with E-state index in [0.717, 1.165) is 49.9 Å². The van der Waals surface area contributed by atoms with E-state index in [-0.39, 0.29) is 12.0 Å². The van der Waals surface area contributed by atoms with Crippen LogP contribution in [0.1, 0.15) is 56.9 Å². The van der Waals surface area contributed by atoms with Crippen LogP contribution in [0.2, 0.25) is 0 Å². The smallest absolute Gasteiger partial charge is 0.227 e. The minimum atomic E-state index is 0.211. The molecule has 1 amide bonds. The van der Waals surface area contributed by atoms with Crippen molar-refractivity contribution in [1.82, 2.24) is 9.80 Å². The Labute approximate surface area is 181 Å². The summed E-state index contributed by atoms with van der Waals surface area (Å²) in [5, 5.41) is 0. The molecule has 5 heteroatoms. The van der Waals surface area contributed by atoms with Crippen LogP contribution in [-0.2, 0) is 16.0 Å². The molecular formula is C25H38N2O3. The molecule has 1 aromatic rings. The first-order chi connectivity index (χ1) is 14.7. The van der Waals surface area contributed by atoms with Crippen LogP contribution >= 0.6 is 0 Å². The summed E-state index contributed by atoms with van der Waals surface area (Å²) in [6, 6.07) is 8.70. The molecule has 1 aromatic carbocycles. The van der Waals surface area contributed by atoms with Gasteiger partial charge in [-0.25, -0.2) is 0 Å². The van der Waals surface area contributed by atoms with Crippen LogP contribution in [0.15, 0.2) is 24.3 Å². The highest BCUT2D eigenvalue weighted by Gasteiger charge is 2.30. The van der Waals surface area contributed by atoms with Crippen LogP contribution in [0.25, 0.3) is 0 Å². The number of hydrogen-bond acceptors (Lipinski definition) is 4. The first kappa shape index (κ1) is 21.6. The Balaban J connectivity index is 1.33. The Morgan fingerprint density at radius 1 is 1.03 bits per heavy atom. The van der Waals surface area contributed by atoms with Crippen LogP contribution < -0.4 is 4.74 Å². The Morgan fingerprint density at radius 3 is 2.40 bits per heavy atom. The molecule has 2 aliphatic heterocycles. The summed E-state index contributed by atoms with van der Waals surface area (Å²) in [7, 11) is 1.67. The SMILES string of the molecule is COc1ccc(CC(=O)N(CC2CCN(C3CCCC3)CC2)C[C@@H]2CCCO2)cc1. The number of carbonyl (C=O) groups is 1. The number of nitrogens with zero attached hydrogens (tertiary/aromatic N) is 2. The van der Waals surface area contributed by atoms with Gasteiger partial charge in [0.2, 0.25) is 5.91 Å². The molecule has 2 saturated heterocycles. The maximum Gasteiger partial charge on any atom is 0.227 e. The van der Waals surface area contributed by atoms with Crippen molar-refractivity contribution in [2.24, 2.45) is 5.92 Å². The molecule has 3 aliphatic rings. The van der Waals surface area contributed by atoms with Crippen molar-refractivity contribution >= 4 is 5.91 Å². The van der Waals surface area contributed by atoms with Crippen molar-refractivity contribution in [1.29, 1.82) is 0 Å². The van der Waals surface area contributed by atoms with Crippen molar-refractivity contribution in [3.05, 3.63) is 29.8 Å². The standard InChI is InChI=1S/C25H38N2O3/c1-29-23-10-8-20(9-11-23)17-25(28)27(19-24-7-4-16-30-24)18-21-12-14-26(15-13-21)22-5-2-3-6-22/h8-11,21-22,24H,2-7,12-19H2,1H3/t24-/m0/s1. The Morgan fingerprint density at radius 2 is 1.77 bits per heavy atom. The molecule has 1 aliphatic carbocycles. The topological polar surface area (TPSA) is 42.0 Å². The Bertz CT molecular complexity index is 657. The van der Waals surface area contributed by atoms with Crippen molar-refractivity contribution in [3.8, 4) is 5.75 Å². The molecule has 166 valence electrons. The van der Waals surface area contributed by atoms with E-state index in [4.69, 9.17) is 9.47 Å². The largest absolute Gasteiger partial charge is 0.497 e. The van der Waals surface area contributed by atoms with Gasteiger partial charge in [-0.3, -0.25) is 4.79 Å². The fourth-order valence-electron chi connectivity index (χ4n) is 5.42. The fourth-order valence-corrected chi connectivity index (χ4v) is 5.42. The lowest BCUT2D eigenvalue weighted by Gasteiger charge is -2.38. The molecule has 1 atom stereocenters. The zero-order chi connectivity index (χ0) is 20.8. The predicted molar refractivity (Wildman–Crippen MR) is 119 cm³/mol. The molecule has 0 bridgehead atoms. The summed E-state index contributed by atoms with van der Waals surface area (Å²) >= 11 is 0. The van der Waals surface area contributed by atoms with E-state index < -0.39 is 0 Å². The average Bonchev–Trinajstić information content (AvgIpc) is 3.49. The monoisotopic (exact) mass is 414 g/mol. The van der Waals surface area contributed by atoms with Crippen molar-refractivity contribution < 1.29 is 14.3 Å². The van der Waals surface area contributed by atoms with Crippen LogP contribution in [0.4, 0.5) is 0 Å². The zero-order valence-corrected chi connectivity index (χ0v) is 18.6. The molecule has 4 rings (SSSR count). The second kappa shape index (κ2) is 10.6. The first-order valence-corrected chi connectivity index (χ1v) is 12.0. The molecule has 0 N–H and O–H groups in total. The highest BCUT2D eigenvalue weighted by molar-refractivity contribution is 5.78. The van der Waals surface area contributed by atoms with Crippen LogP contribution in [0, 0.1) is 5.92 Å². The van der Waals surface area contributed by atoms with Gasteiger partial charge in [0.05, 0.1) is 19.6 Å². The van der Waals surface area contributed by atoms with E-state index in [1.807, 2.05) is 24.3 Å². The second-order valence-electron chi connectivity index (χ2n) is 9.38. The number of rotatable bonds is 8. The summed E-state index contributed by atoms with van der Waals surface area (Å²) in [5.74, 6) is 1.68. The summed E-state index contributed by atoms with van der Waals surface area (Å²) in [4.78, 5) is 18.1. The lowest BCUT2D eigenvalue weighted by molar-refractivity contribution is -0.133. The molecule has 5 nitrogen and oxygen atoms in total. The van der Waals surface area contributed by atoms with Gasteiger partial charge in [0, 0.05) is 25.7 Å². The molecule has 0 unspecified atom stereocenters. The highest BCUT2D eigenvalue weighted by atomic mass is 16.5. The van der Waals surface area contributed by atoms with Gasteiger partial charge in [0.15, 0.2) is 0 Å². The van der Waals surface area contributed by atoms with E-state index in [1.54, 1.807) is 7.11 Å². The van der Waals surface area contributed by atoms with Gasteiger partial charge in [-0.15, -0.1) is 0 Å². The highest BCUT2D eigenvalue weighted by Crippen LogP contribution is 2.28. The van der Waals surface area contributed by atoms with Gasteiger partial charge in [0.25, 0.3) is 0 Å². The maximum absolute atomic E-state index is 13.2. The number of benzene rings is 1. The van der Waals surface area contributed by atoms with Gasteiger partial charge in [-0.05, 0) is 75.2 Å². The second-order valence-corrected chi connectivity index (χ2v) is 9.38. The number of carbonyl (C=O) groups excluding carboxylic acids is 1. The Kier molecular flexibility index (Phi) is 7.67. The summed E-state index contributed by atoms with van der Waals surface area (Å²) < 4.78 is 11.1. The van der Waals surface area contributed by atoms with Crippen LogP contribution in [-0.4, -0.2) is 67.7 Å². The third-order valence-corrected chi connectivity index (χ3v) is 7.28. The van der Waals surface area contributed by atoms with Gasteiger partial charge >= 0.3 is 0 Å². The van der Waals surface area contributed by atoms with Gasteiger partial charge in [-0.2, -0.15) is 0 Å². The maximum atomic E-state index is 13.2. The normalized spacial score (nSPS) is 23.7. The molecule has 0 aromatic heterocycles. The lowest BCUT2D eigenvalue weighted by atomic mass is 9.94. The van der Waals surface area contributed by atoms with Crippen molar-refractivity contribution in [2.45, 2.75) is 69.9 Å². The number of likely N-dealkylation sites (tertiary alicyclic amines) is 1. The van der Waals surface area contributed by atoms with Crippen molar-refractivity contribution in [3.63, 3.8) is 0 Å². The van der Waals surface area contributed by atoms with E-state index in [1.165, 1.54) is 51.6 Å². The molecule has 0 spiro atoms. The molecule has 1 saturated carbocycles. The predicted octanol–water partition coefficient (Wildman–Crippen LogP) is 3.90. The third-order valence-electron chi connectivity index (χ3n) is 7.28. The molecule has 2 heterocycles. The zero-order valence-electron chi connectivity index (χ0n) is 18.6. The minimum Gasteiger partial charge on any atom is -0.497 e. The van der Waals surface area contributed by atoms with Crippen molar-refractivity contribution in [2.75, 3.05) is 39.9 Å². The third kappa shape index (κ3) is 5.76. The number of amides is 1. The van der Waals surface area contributed by atoms with E-state index in [2.05, 4.69) is 9.80 Å². The average molecular weight is 415 g/mol. The molecular weight excluding hydrogens is 376 g/mol. The Hall–Kier alpha value is -1.59. The van der Waals surface area contributed by atoms with Gasteiger partial charge in [-0.1, -0.05) is 25.0 Å². The summed E-state index contributed by atoms with van der Waals surface area (Å²) in [5.41, 5.74) is 1.05. The van der Waals surface area contributed by atoms with Crippen LogP contribution in [0.3, 0.4) is 0 Å². The van der Waals surface area contributed by atoms with E-state index >= 15 is 0 Å². The van der Waals surface area contributed by atoms with Gasteiger partial charge in [0.1, 0.15) is 5.75 Å². The van der Waals surface area contributed by atoms with Gasteiger partial charge < -0.3 is 19.3 Å². The number of methoxy groups -OCH3 is 1. The minimum absolute atomic E-state index is 0.211. The summed E-state index contributed by atoms with van der Waals surface area (Å²) in [6.07, 6.45) is 10.9. The van der Waals surface area contributed by atoms with E-state index in [0.29, 0.717) is 12.3 Å². The van der Waals surface area contributed by atoms with E-state index in [9.17, 15) is 4.79 Å². The molecule has 3 fully saturated rings. The fraction of sp³-hybridized carbons (Fsp3) is 0.720. The number of ether oxygens (including phenoxy) is 2. The van der Waals surface area contributed by atoms with Crippen LogP contribution in [0.5, 0.6) is 5.75 Å². The molecule has 0 radical (unpaired) electrons. The lowest BCUT2D eigenvalue weighted by Crippen LogP contribution is -2.45. The molecule has 30 heavy (non-hydrogen) atoms. The first-order valence-electron chi connectivity index (χ1n) is 12.0. The number of piperidine rings is 1.